The third kappa shape index (κ3) is 2.07. The molecule has 0 aliphatic rings. The molecule has 2 rings (SSSR count). The molecule has 2 aromatic heterocycles. The Hall–Kier alpha value is -2.29. The van der Waals surface area contributed by atoms with Gasteiger partial charge in [0.1, 0.15) is 17.5 Å². The zero-order chi connectivity index (χ0) is 13.3. The van der Waals surface area contributed by atoms with E-state index in [1.165, 1.54) is 0 Å². The SMILES string of the molecule is Cc1nn(C)c(N(C)Cc2cnn(C)c2)c1C#N. The summed E-state index contributed by atoms with van der Waals surface area (Å²) in [5.41, 5.74) is 2.49. The highest BCUT2D eigenvalue weighted by atomic mass is 15.4. The highest BCUT2D eigenvalue weighted by molar-refractivity contribution is 5.56. The molecule has 0 saturated carbocycles. The molecule has 6 heteroatoms. The van der Waals surface area contributed by atoms with Gasteiger partial charge in [-0.2, -0.15) is 15.5 Å². The van der Waals surface area contributed by atoms with Crippen LogP contribution in [0.3, 0.4) is 0 Å². The average molecular weight is 244 g/mol. The van der Waals surface area contributed by atoms with Crippen LogP contribution in [0, 0.1) is 18.3 Å². The Labute approximate surface area is 106 Å². The van der Waals surface area contributed by atoms with E-state index in [0.29, 0.717) is 12.1 Å². The van der Waals surface area contributed by atoms with Gasteiger partial charge in [-0.3, -0.25) is 9.36 Å². The van der Waals surface area contributed by atoms with E-state index in [-0.39, 0.29) is 0 Å². The van der Waals surface area contributed by atoms with Crippen molar-refractivity contribution in [2.45, 2.75) is 13.5 Å². The highest BCUT2D eigenvalue weighted by Gasteiger charge is 2.17. The number of anilines is 1. The second-order valence-corrected chi connectivity index (χ2v) is 4.40. The van der Waals surface area contributed by atoms with Crippen molar-refractivity contribution < 1.29 is 0 Å². The summed E-state index contributed by atoms with van der Waals surface area (Å²) in [7, 11) is 5.69. The molecule has 0 N–H and O–H groups in total. The maximum atomic E-state index is 9.19. The summed E-state index contributed by atoms with van der Waals surface area (Å²) >= 11 is 0. The molecule has 0 bridgehead atoms. The van der Waals surface area contributed by atoms with E-state index in [0.717, 1.165) is 17.1 Å². The van der Waals surface area contributed by atoms with Gasteiger partial charge in [-0.1, -0.05) is 0 Å². The molecule has 0 aromatic carbocycles. The van der Waals surface area contributed by atoms with Crippen LogP contribution >= 0.6 is 0 Å². The summed E-state index contributed by atoms with van der Waals surface area (Å²) in [6.07, 6.45) is 3.79. The van der Waals surface area contributed by atoms with Gasteiger partial charge in [-0.25, -0.2) is 0 Å². The van der Waals surface area contributed by atoms with Crippen molar-refractivity contribution in [3.63, 3.8) is 0 Å². The van der Waals surface area contributed by atoms with Crippen LogP contribution in [0.1, 0.15) is 16.8 Å². The fourth-order valence-corrected chi connectivity index (χ4v) is 2.12. The third-order valence-electron chi connectivity index (χ3n) is 2.84. The molecule has 2 heterocycles. The first kappa shape index (κ1) is 12.2. The lowest BCUT2D eigenvalue weighted by molar-refractivity contribution is 0.726. The number of aromatic nitrogens is 4. The largest absolute Gasteiger partial charge is 0.354 e. The molecule has 0 amide bonds. The first-order valence-corrected chi connectivity index (χ1v) is 5.65. The van der Waals surface area contributed by atoms with Crippen LogP contribution in [0.5, 0.6) is 0 Å². The maximum Gasteiger partial charge on any atom is 0.145 e. The molecule has 6 nitrogen and oxygen atoms in total. The molecule has 18 heavy (non-hydrogen) atoms. The maximum absolute atomic E-state index is 9.19. The summed E-state index contributed by atoms with van der Waals surface area (Å²) in [6, 6.07) is 2.21. The highest BCUT2D eigenvalue weighted by Crippen LogP contribution is 2.22. The van der Waals surface area contributed by atoms with E-state index in [9.17, 15) is 5.26 Å². The normalized spacial score (nSPS) is 10.4. The average Bonchev–Trinajstić information content (AvgIpc) is 2.82. The van der Waals surface area contributed by atoms with Crippen molar-refractivity contribution in [1.82, 2.24) is 19.6 Å². The van der Waals surface area contributed by atoms with Crippen LogP contribution in [0.4, 0.5) is 5.82 Å². The van der Waals surface area contributed by atoms with Crippen LogP contribution < -0.4 is 4.90 Å². The molecule has 2 aromatic rings. The quantitative estimate of drug-likeness (QED) is 0.807. The third-order valence-corrected chi connectivity index (χ3v) is 2.84. The Morgan fingerprint density at radius 2 is 2.17 bits per heavy atom. The van der Waals surface area contributed by atoms with Gasteiger partial charge in [0.2, 0.25) is 0 Å². The van der Waals surface area contributed by atoms with Crippen molar-refractivity contribution in [2.24, 2.45) is 14.1 Å². The first-order chi connectivity index (χ1) is 8.52. The number of nitrogens with zero attached hydrogens (tertiary/aromatic N) is 6. The van der Waals surface area contributed by atoms with E-state index in [1.54, 1.807) is 9.36 Å². The molecule has 0 aliphatic carbocycles. The summed E-state index contributed by atoms with van der Waals surface area (Å²) in [5, 5.41) is 17.6. The number of hydrogen-bond donors (Lipinski definition) is 0. The smallest absolute Gasteiger partial charge is 0.145 e. The molecule has 94 valence electrons. The Bertz CT molecular complexity index is 601. The minimum absolute atomic E-state index is 0.629. The Balaban J connectivity index is 2.29. The number of hydrogen-bond acceptors (Lipinski definition) is 4. The van der Waals surface area contributed by atoms with E-state index in [4.69, 9.17) is 0 Å². The van der Waals surface area contributed by atoms with Crippen LogP contribution in [-0.4, -0.2) is 26.6 Å². The van der Waals surface area contributed by atoms with Crippen molar-refractivity contribution in [2.75, 3.05) is 11.9 Å². The zero-order valence-electron chi connectivity index (χ0n) is 11.0. The van der Waals surface area contributed by atoms with Crippen LogP contribution in [0.25, 0.3) is 0 Å². The zero-order valence-corrected chi connectivity index (χ0v) is 11.0. The second-order valence-electron chi connectivity index (χ2n) is 4.40. The first-order valence-electron chi connectivity index (χ1n) is 5.65. The van der Waals surface area contributed by atoms with E-state index in [2.05, 4.69) is 16.3 Å². The fraction of sp³-hybridized carbons (Fsp3) is 0.417. The fourth-order valence-electron chi connectivity index (χ4n) is 2.12. The van der Waals surface area contributed by atoms with Gasteiger partial charge in [-0.05, 0) is 6.92 Å². The van der Waals surface area contributed by atoms with Crippen LogP contribution in [0.2, 0.25) is 0 Å². The Kier molecular flexibility index (Phi) is 3.06. The lowest BCUT2D eigenvalue weighted by atomic mass is 10.2. The molecule has 0 fully saturated rings. The second kappa shape index (κ2) is 4.53. The Morgan fingerprint density at radius 3 is 2.72 bits per heavy atom. The van der Waals surface area contributed by atoms with Gasteiger partial charge in [0.15, 0.2) is 0 Å². The number of aryl methyl sites for hydroxylation is 3. The molecule has 0 saturated heterocycles. The summed E-state index contributed by atoms with van der Waals surface area (Å²) < 4.78 is 3.51. The molecule has 0 radical (unpaired) electrons. The van der Waals surface area contributed by atoms with Gasteiger partial charge in [0.25, 0.3) is 0 Å². The molecular formula is C12H16N6. The lowest BCUT2D eigenvalue weighted by Crippen LogP contribution is -2.20. The molecule has 0 atom stereocenters. The molecular weight excluding hydrogens is 228 g/mol. The monoisotopic (exact) mass is 244 g/mol. The Morgan fingerprint density at radius 1 is 1.44 bits per heavy atom. The number of rotatable bonds is 3. The predicted octanol–water partition coefficient (Wildman–Crippen LogP) is 0.970. The van der Waals surface area contributed by atoms with Gasteiger partial charge >= 0.3 is 0 Å². The topological polar surface area (TPSA) is 62.7 Å². The van der Waals surface area contributed by atoms with Crippen molar-refractivity contribution in [1.29, 1.82) is 5.26 Å². The van der Waals surface area contributed by atoms with Crippen molar-refractivity contribution in [3.8, 4) is 6.07 Å². The molecule has 0 spiro atoms. The summed E-state index contributed by atoms with van der Waals surface area (Å²) in [5.74, 6) is 0.832. The number of nitriles is 1. The van der Waals surface area contributed by atoms with Gasteiger partial charge < -0.3 is 4.90 Å². The van der Waals surface area contributed by atoms with E-state index < -0.39 is 0 Å². The van der Waals surface area contributed by atoms with Crippen molar-refractivity contribution >= 4 is 5.82 Å². The standard InChI is InChI=1S/C12H16N6/c1-9-11(5-13)12(18(4)15-9)16(2)7-10-6-14-17(3)8-10/h6,8H,7H2,1-4H3. The van der Waals surface area contributed by atoms with Crippen LogP contribution in [0.15, 0.2) is 12.4 Å². The predicted molar refractivity (Wildman–Crippen MR) is 68.0 cm³/mol. The summed E-state index contributed by atoms with van der Waals surface area (Å²) in [6.45, 7) is 2.54. The van der Waals surface area contributed by atoms with Gasteiger partial charge in [0.05, 0.1) is 11.9 Å². The minimum atomic E-state index is 0.629. The molecule has 0 aliphatic heterocycles. The van der Waals surface area contributed by atoms with Crippen LogP contribution in [-0.2, 0) is 20.6 Å². The van der Waals surface area contributed by atoms with Gasteiger partial charge in [-0.15, -0.1) is 0 Å². The van der Waals surface area contributed by atoms with E-state index in [1.807, 2.05) is 45.4 Å². The summed E-state index contributed by atoms with van der Waals surface area (Å²) in [4.78, 5) is 2.01. The minimum Gasteiger partial charge on any atom is -0.354 e. The van der Waals surface area contributed by atoms with Gasteiger partial charge in [0, 0.05) is 39.4 Å². The van der Waals surface area contributed by atoms with Crippen molar-refractivity contribution in [3.05, 3.63) is 29.2 Å². The molecule has 0 unspecified atom stereocenters. The lowest BCUT2D eigenvalue weighted by Gasteiger charge is -2.18. The van der Waals surface area contributed by atoms with E-state index >= 15 is 0 Å².